The summed E-state index contributed by atoms with van der Waals surface area (Å²) in [6.07, 6.45) is -5.88. The van der Waals surface area contributed by atoms with Crippen LogP contribution in [0.25, 0.3) is 22.2 Å². The molecule has 0 bridgehead atoms. The fourth-order valence-electron chi connectivity index (χ4n) is 3.00. The number of benzene rings is 1. The number of carbonyl (C=O) groups is 1. The van der Waals surface area contributed by atoms with Crippen LogP contribution in [0, 0.1) is 0 Å². The molecule has 3 heterocycles. The third kappa shape index (κ3) is 4.64. The van der Waals surface area contributed by atoms with Crippen molar-refractivity contribution in [3.05, 3.63) is 77.7 Å². The summed E-state index contributed by atoms with van der Waals surface area (Å²) in [5.41, 5.74) is -0.0812. The number of alkyl halides is 6. The molecule has 3 aromatic heterocycles. The van der Waals surface area contributed by atoms with E-state index in [1.807, 2.05) is 0 Å². The third-order valence-corrected chi connectivity index (χ3v) is 4.56. The zero-order valence-electron chi connectivity index (χ0n) is 16.3. The van der Waals surface area contributed by atoms with Crippen molar-refractivity contribution in [1.82, 2.24) is 20.3 Å². The lowest BCUT2D eigenvalue weighted by Crippen LogP contribution is -2.23. The summed E-state index contributed by atoms with van der Waals surface area (Å²) < 4.78 is 81.8. The Hall–Kier alpha value is -3.96. The van der Waals surface area contributed by atoms with Crippen molar-refractivity contribution in [2.45, 2.75) is 18.9 Å². The maximum atomic E-state index is 12.8. The van der Waals surface area contributed by atoms with Gasteiger partial charge in [0.1, 0.15) is 5.52 Å². The molecule has 0 saturated heterocycles. The Morgan fingerprint density at radius 2 is 1.58 bits per heavy atom. The third-order valence-electron chi connectivity index (χ3n) is 4.56. The number of pyridine rings is 1. The molecular formula is C21H12F6N4O2. The first-order valence-corrected chi connectivity index (χ1v) is 9.25. The van der Waals surface area contributed by atoms with Gasteiger partial charge in [0.25, 0.3) is 5.91 Å². The van der Waals surface area contributed by atoms with Gasteiger partial charge in [0.15, 0.2) is 5.76 Å². The van der Waals surface area contributed by atoms with Crippen molar-refractivity contribution >= 4 is 16.8 Å². The molecular weight excluding hydrogens is 454 g/mol. The Bertz CT molecular complexity index is 1300. The molecule has 12 heteroatoms. The number of nitrogens with zero attached hydrogens (tertiary/aromatic N) is 3. The highest BCUT2D eigenvalue weighted by Crippen LogP contribution is 2.35. The van der Waals surface area contributed by atoms with Gasteiger partial charge < -0.3 is 9.73 Å². The van der Waals surface area contributed by atoms with Gasteiger partial charge in [0, 0.05) is 36.3 Å². The van der Waals surface area contributed by atoms with E-state index in [2.05, 4.69) is 20.3 Å². The summed E-state index contributed by atoms with van der Waals surface area (Å²) in [5, 5.41) is 2.80. The largest absolute Gasteiger partial charge is 0.451 e. The second-order valence-electron chi connectivity index (χ2n) is 6.83. The van der Waals surface area contributed by atoms with Gasteiger partial charge in [0.2, 0.25) is 11.6 Å². The van der Waals surface area contributed by atoms with E-state index in [9.17, 15) is 31.1 Å². The average molecular weight is 466 g/mol. The Kier molecular flexibility index (Phi) is 5.52. The number of hydrogen-bond acceptors (Lipinski definition) is 5. The van der Waals surface area contributed by atoms with Crippen LogP contribution >= 0.6 is 0 Å². The van der Waals surface area contributed by atoms with Gasteiger partial charge in [-0.3, -0.25) is 9.78 Å². The molecule has 0 aliphatic carbocycles. The molecule has 0 radical (unpaired) electrons. The SMILES string of the molecule is O=C(NCc1cnc(C(F)(F)F)nc1)c1oc(-c2ccc(C(F)(F)F)cc2)c2ncccc12. The van der Waals surface area contributed by atoms with Crippen LogP contribution in [0.3, 0.4) is 0 Å². The monoisotopic (exact) mass is 466 g/mol. The molecule has 0 unspecified atom stereocenters. The Labute approximate surface area is 181 Å². The van der Waals surface area contributed by atoms with Gasteiger partial charge in [-0.1, -0.05) is 12.1 Å². The molecule has 0 aliphatic rings. The van der Waals surface area contributed by atoms with Crippen LogP contribution in [0.2, 0.25) is 0 Å². The molecule has 0 saturated carbocycles. The summed E-state index contributed by atoms with van der Waals surface area (Å²) in [7, 11) is 0. The number of aromatic nitrogens is 3. The Balaban J connectivity index is 1.59. The highest BCUT2D eigenvalue weighted by Gasteiger charge is 2.34. The van der Waals surface area contributed by atoms with E-state index < -0.39 is 29.6 Å². The number of amides is 1. The molecule has 4 aromatic rings. The second kappa shape index (κ2) is 8.19. The predicted octanol–water partition coefficient (Wildman–Crippen LogP) is 5.25. The van der Waals surface area contributed by atoms with Crippen molar-refractivity contribution in [2.24, 2.45) is 0 Å². The van der Waals surface area contributed by atoms with Gasteiger partial charge in [-0.2, -0.15) is 26.3 Å². The number of halogens is 6. The molecule has 0 atom stereocenters. The first-order chi connectivity index (χ1) is 15.5. The van der Waals surface area contributed by atoms with Crippen LogP contribution in [-0.4, -0.2) is 20.9 Å². The maximum Gasteiger partial charge on any atom is 0.451 e. The first kappa shape index (κ1) is 22.2. The smallest absolute Gasteiger partial charge is 0.448 e. The van der Waals surface area contributed by atoms with Gasteiger partial charge in [-0.15, -0.1) is 0 Å². The van der Waals surface area contributed by atoms with Gasteiger partial charge in [0.05, 0.1) is 10.9 Å². The minimum atomic E-state index is -4.68. The number of carbonyl (C=O) groups excluding carboxylic acids is 1. The number of nitrogens with one attached hydrogen (secondary N) is 1. The minimum Gasteiger partial charge on any atom is -0.448 e. The lowest BCUT2D eigenvalue weighted by atomic mass is 10.1. The van der Waals surface area contributed by atoms with Crippen molar-refractivity contribution < 1.29 is 35.6 Å². The Morgan fingerprint density at radius 3 is 2.18 bits per heavy atom. The highest BCUT2D eigenvalue weighted by atomic mass is 19.4. The maximum absolute atomic E-state index is 12.8. The highest BCUT2D eigenvalue weighted by molar-refractivity contribution is 6.07. The van der Waals surface area contributed by atoms with E-state index >= 15 is 0 Å². The normalized spacial score (nSPS) is 12.2. The molecule has 1 aromatic carbocycles. The number of hydrogen-bond donors (Lipinski definition) is 1. The van der Waals surface area contributed by atoms with E-state index in [1.165, 1.54) is 18.3 Å². The van der Waals surface area contributed by atoms with Crippen LogP contribution in [-0.2, 0) is 18.9 Å². The molecule has 1 amide bonds. The lowest BCUT2D eigenvalue weighted by molar-refractivity contribution is -0.145. The van der Waals surface area contributed by atoms with Gasteiger partial charge >= 0.3 is 12.4 Å². The molecule has 1 N–H and O–H groups in total. The lowest BCUT2D eigenvalue weighted by Gasteiger charge is -2.07. The van der Waals surface area contributed by atoms with E-state index in [1.54, 1.807) is 12.1 Å². The molecule has 170 valence electrons. The number of furan rings is 1. The zero-order chi connectivity index (χ0) is 23.8. The van der Waals surface area contributed by atoms with Crippen LogP contribution < -0.4 is 5.32 Å². The topological polar surface area (TPSA) is 80.9 Å². The Morgan fingerprint density at radius 1 is 0.909 bits per heavy atom. The summed E-state index contributed by atoms with van der Waals surface area (Å²) in [6.45, 7) is -0.185. The quantitative estimate of drug-likeness (QED) is 0.416. The van der Waals surface area contributed by atoms with Gasteiger partial charge in [-0.05, 0) is 24.3 Å². The van der Waals surface area contributed by atoms with Crippen molar-refractivity contribution in [3.63, 3.8) is 0 Å². The van der Waals surface area contributed by atoms with Crippen molar-refractivity contribution in [1.29, 1.82) is 0 Å². The van der Waals surface area contributed by atoms with Crippen LogP contribution in [0.5, 0.6) is 0 Å². The minimum absolute atomic E-state index is 0.0994. The van der Waals surface area contributed by atoms with Crippen LogP contribution in [0.1, 0.15) is 27.5 Å². The summed E-state index contributed by atoms with van der Waals surface area (Å²) in [4.78, 5) is 23.3. The fourth-order valence-corrected chi connectivity index (χ4v) is 3.00. The predicted molar refractivity (Wildman–Crippen MR) is 103 cm³/mol. The van der Waals surface area contributed by atoms with Crippen molar-refractivity contribution in [2.75, 3.05) is 0 Å². The molecule has 0 aliphatic heterocycles. The number of fused-ring (bicyclic) bond motifs is 1. The van der Waals surface area contributed by atoms with E-state index in [0.29, 0.717) is 5.39 Å². The van der Waals surface area contributed by atoms with Gasteiger partial charge in [-0.25, -0.2) is 9.97 Å². The molecule has 6 nitrogen and oxygen atoms in total. The molecule has 33 heavy (non-hydrogen) atoms. The molecule has 0 spiro atoms. The summed E-state index contributed by atoms with van der Waals surface area (Å²) in [6, 6.07) is 7.28. The molecule has 0 fully saturated rings. The zero-order valence-corrected chi connectivity index (χ0v) is 16.3. The summed E-state index contributed by atoms with van der Waals surface area (Å²) >= 11 is 0. The number of rotatable bonds is 4. The first-order valence-electron chi connectivity index (χ1n) is 9.25. The van der Waals surface area contributed by atoms with Crippen LogP contribution in [0.15, 0.2) is 59.4 Å². The fraction of sp³-hybridized carbons (Fsp3) is 0.143. The van der Waals surface area contributed by atoms with E-state index in [0.717, 1.165) is 24.5 Å². The average Bonchev–Trinajstić information content (AvgIpc) is 3.16. The summed E-state index contributed by atoms with van der Waals surface area (Å²) in [5.74, 6) is -2.06. The van der Waals surface area contributed by atoms with Crippen molar-refractivity contribution in [3.8, 4) is 11.3 Å². The van der Waals surface area contributed by atoms with E-state index in [-0.39, 0.29) is 34.7 Å². The van der Waals surface area contributed by atoms with E-state index in [4.69, 9.17) is 4.42 Å². The second-order valence-corrected chi connectivity index (χ2v) is 6.83. The van der Waals surface area contributed by atoms with Crippen LogP contribution in [0.4, 0.5) is 26.3 Å². The standard InChI is InChI=1S/C21H12F6N4O2/c22-20(23,24)13-5-3-12(4-6-13)16-15-14(2-1-7-28-15)17(33-16)18(32)29-8-11-9-30-19(31-10-11)21(25,26)27/h1-7,9-10H,8H2,(H,29,32). The molecule has 4 rings (SSSR count).